The molecule has 5 N–H and O–H groups in total. The molecule has 5 rings (SSSR count). The maximum absolute atomic E-state index is 12.2. The smallest absolute Gasteiger partial charge is 0.328 e. The topological polar surface area (TPSA) is 193 Å². The van der Waals surface area contributed by atoms with Crippen molar-refractivity contribution in [3.8, 4) is 39.6 Å². The molecule has 4 aromatic rings. The molecule has 0 aliphatic carbocycles. The molecule has 258 valence electrons. The van der Waals surface area contributed by atoms with Gasteiger partial charge in [-0.3, -0.25) is 4.79 Å². The number of nitriles is 2. The Bertz CT molecular complexity index is 1900. The fraction of sp³-hybridized carbons (Fsp3) is 0.333. The third-order valence-electron chi connectivity index (χ3n) is 8.02. The summed E-state index contributed by atoms with van der Waals surface area (Å²) in [5, 5.41) is 26.8. The van der Waals surface area contributed by atoms with Crippen LogP contribution < -0.4 is 26.4 Å². The average Bonchev–Trinajstić information content (AvgIpc) is 3.85. The number of amides is 1. The summed E-state index contributed by atoms with van der Waals surface area (Å²) in [7, 11) is 0. The van der Waals surface area contributed by atoms with Gasteiger partial charge in [-0.2, -0.15) is 10.5 Å². The maximum Gasteiger partial charge on any atom is 0.328 e. The van der Waals surface area contributed by atoms with Gasteiger partial charge in [0.25, 0.3) is 0 Å². The fourth-order valence-electron chi connectivity index (χ4n) is 5.29. The minimum Gasteiger partial charge on any atom is -0.490 e. The number of rotatable bonds is 14. The lowest BCUT2D eigenvalue weighted by molar-refractivity contribution is -0.148. The van der Waals surface area contributed by atoms with Gasteiger partial charge in [0.05, 0.1) is 17.3 Å². The number of hydrogen-bond donors (Lipinski definition) is 3. The van der Waals surface area contributed by atoms with E-state index < -0.39 is 24.0 Å². The Morgan fingerprint density at radius 1 is 1.02 bits per heavy atom. The summed E-state index contributed by atoms with van der Waals surface area (Å²) < 4.78 is 11.0. The van der Waals surface area contributed by atoms with Crippen LogP contribution in [-0.2, 0) is 20.1 Å². The van der Waals surface area contributed by atoms with Crippen molar-refractivity contribution in [3.63, 3.8) is 0 Å². The first-order chi connectivity index (χ1) is 24.2. The van der Waals surface area contributed by atoms with Gasteiger partial charge in [0.15, 0.2) is 0 Å². The number of anilines is 1. The number of esters is 1. The third-order valence-corrected chi connectivity index (χ3v) is 9.97. The van der Waals surface area contributed by atoms with E-state index in [1.807, 2.05) is 5.38 Å². The number of pyridine rings is 1. The number of nitrogens with zero attached hydrogens (tertiary/aromatic N) is 5. The Kier molecular flexibility index (Phi) is 12.4. The van der Waals surface area contributed by atoms with Crippen molar-refractivity contribution >= 4 is 40.8 Å². The summed E-state index contributed by atoms with van der Waals surface area (Å²) in [4.78, 5) is 36.0. The van der Waals surface area contributed by atoms with Gasteiger partial charge in [-0.15, -0.1) is 11.3 Å². The highest BCUT2D eigenvalue weighted by atomic mass is 32.2. The molecule has 50 heavy (non-hydrogen) atoms. The van der Waals surface area contributed by atoms with E-state index in [9.17, 15) is 20.1 Å². The minimum absolute atomic E-state index is 0.0415. The zero-order valence-electron chi connectivity index (χ0n) is 27.8. The molecule has 2 aromatic carbocycles. The van der Waals surface area contributed by atoms with Gasteiger partial charge < -0.3 is 31.2 Å². The minimum atomic E-state index is -0.906. The van der Waals surface area contributed by atoms with Gasteiger partial charge in [-0.25, -0.2) is 14.8 Å². The van der Waals surface area contributed by atoms with Crippen LogP contribution in [0.15, 0.2) is 58.9 Å². The van der Waals surface area contributed by atoms with Crippen LogP contribution in [0.3, 0.4) is 0 Å². The van der Waals surface area contributed by atoms with Gasteiger partial charge in [-0.1, -0.05) is 53.7 Å². The van der Waals surface area contributed by atoms with Crippen LogP contribution >= 0.6 is 23.1 Å². The molecule has 2 atom stereocenters. The van der Waals surface area contributed by atoms with Gasteiger partial charge in [0, 0.05) is 41.9 Å². The second kappa shape index (κ2) is 17.1. The van der Waals surface area contributed by atoms with E-state index in [1.165, 1.54) is 24.2 Å². The Hall–Kier alpha value is -4.99. The van der Waals surface area contributed by atoms with Crippen LogP contribution in [0.2, 0.25) is 0 Å². The van der Waals surface area contributed by atoms with Crippen molar-refractivity contribution in [3.05, 3.63) is 76.3 Å². The molecule has 14 heteroatoms. The number of carbonyl (C=O) groups is 2. The molecule has 0 spiro atoms. The molecular formula is C36H38N8O4S2. The molecule has 0 radical (unpaired) electrons. The Morgan fingerprint density at radius 2 is 1.70 bits per heavy atom. The van der Waals surface area contributed by atoms with E-state index in [2.05, 4.69) is 53.5 Å². The van der Waals surface area contributed by atoms with Crippen molar-refractivity contribution in [1.29, 1.82) is 10.5 Å². The first kappa shape index (κ1) is 36.3. The van der Waals surface area contributed by atoms with Gasteiger partial charge >= 0.3 is 5.97 Å². The molecule has 0 bridgehead atoms. The van der Waals surface area contributed by atoms with E-state index in [0.29, 0.717) is 44.6 Å². The second-order valence-corrected chi connectivity index (χ2v) is 13.5. The van der Waals surface area contributed by atoms with E-state index >= 15 is 0 Å². The summed E-state index contributed by atoms with van der Waals surface area (Å²) >= 11 is 3.01. The highest BCUT2D eigenvalue weighted by molar-refractivity contribution is 7.98. The number of ether oxygens (including phenoxy) is 2. The van der Waals surface area contributed by atoms with E-state index in [1.54, 1.807) is 35.6 Å². The molecule has 0 unspecified atom stereocenters. The molecule has 2 aromatic heterocycles. The molecule has 0 saturated carbocycles. The van der Waals surface area contributed by atoms with Gasteiger partial charge in [-0.05, 0) is 44.4 Å². The van der Waals surface area contributed by atoms with Crippen LogP contribution in [0.4, 0.5) is 5.82 Å². The lowest BCUT2D eigenvalue weighted by Gasteiger charge is -2.22. The number of nitrogens with one attached hydrogen (secondary N) is 1. The molecule has 1 fully saturated rings. The summed E-state index contributed by atoms with van der Waals surface area (Å²) in [5.41, 5.74) is 16.0. The number of aromatic nitrogens is 2. The highest BCUT2D eigenvalue weighted by Gasteiger charge is 2.27. The number of hydrogen-bond acceptors (Lipinski definition) is 13. The molecular weight excluding hydrogens is 673 g/mol. The average molecular weight is 711 g/mol. The van der Waals surface area contributed by atoms with Crippen molar-refractivity contribution in [2.45, 2.75) is 49.6 Å². The first-order valence-electron chi connectivity index (χ1n) is 16.2. The molecule has 1 aliphatic rings. The zero-order valence-corrected chi connectivity index (χ0v) is 29.5. The van der Waals surface area contributed by atoms with E-state index in [-0.39, 0.29) is 19.8 Å². The lowest BCUT2D eigenvalue weighted by atomic mass is 9.96. The monoisotopic (exact) mass is 710 g/mol. The number of nitrogens with two attached hydrogens (primary N) is 2. The summed E-state index contributed by atoms with van der Waals surface area (Å²) in [5.74, 6) is 0.438. The van der Waals surface area contributed by atoms with Gasteiger partial charge in [0.1, 0.15) is 58.6 Å². The van der Waals surface area contributed by atoms with Crippen molar-refractivity contribution < 1.29 is 19.1 Å². The number of carbonyl (C=O) groups excluding carboxylic acids is 2. The number of benzene rings is 2. The maximum atomic E-state index is 12.2. The van der Waals surface area contributed by atoms with Crippen molar-refractivity contribution in [2.75, 3.05) is 37.7 Å². The van der Waals surface area contributed by atoms with Crippen LogP contribution in [0.1, 0.15) is 42.1 Å². The predicted octanol–water partition coefficient (Wildman–Crippen LogP) is 4.53. The van der Waals surface area contributed by atoms with Crippen molar-refractivity contribution in [2.24, 2.45) is 11.5 Å². The lowest BCUT2D eigenvalue weighted by Crippen LogP contribution is -2.50. The fourth-order valence-corrected chi connectivity index (χ4v) is 7.09. The van der Waals surface area contributed by atoms with Crippen molar-refractivity contribution in [1.82, 2.24) is 15.3 Å². The molecule has 3 heterocycles. The Morgan fingerprint density at radius 3 is 2.36 bits per heavy atom. The highest BCUT2D eigenvalue weighted by Crippen LogP contribution is 2.40. The molecule has 1 saturated heterocycles. The standard InChI is InChI=1S/C36H38N8O4S2/c1-22-5-7-25(8-6-22)34-42-26(20-49-34)21-50-35-29(18-38)31(28(17-37)32(43-35)44-13-3-4-14-44)24-9-11-27(12-10-24)47-15-16-48-36(46)23(2)41-33(45)30(40)19-39/h5-12,20,23,30H,3-4,13-16,19,21,39-40H2,1-2H3,(H,41,45)/t23-,30-/m0/s1. The number of thioether (sulfide) groups is 1. The summed E-state index contributed by atoms with van der Waals surface area (Å²) in [6.07, 6.45) is 2.00. The van der Waals surface area contributed by atoms with Gasteiger partial charge in [0.2, 0.25) is 5.91 Å². The largest absolute Gasteiger partial charge is 0.490 e. The quantitative estimate of drug-likeness (QED) is 0.0942. The molecule has 1 aliphatic heterocycles. The number of thiazole rings is 1. The Labute approximate surface area is 299 Å². The Balaban J connectivity index is 1.31. The van der Waals surface area contributed by atoms with Crippen LogP contribution in [0.25, 0.3) is 21.7 Å². The van der Waals surface area contributed by atoms with Crippen LogP contribution in [-0.4, -0.2) is 66.8 Å². The second-order valence-electron chi connectivity index (χ2n) is 11.7. The van der Waals surface area contributed by atoms with Crippen LogP contribution in [0, 0.1) is 29.6 Å². The SMILES string of the molecule is Cc1ccc(-c2nc(CSc3nc(N4CCCC4)c(C#N)c(-c4ccc(OCCOC(=O)[C@H](C)NC(=O)[C@@H](N)CN)cc4)c3C#N)cs2)cc1. The van der Waals surface area contributed by atoms with E-state index in [0.717, 1.165) is 42.2 Å². The molecule has 1 amide bonds. The van der Waals surface area contributed by atoms with Crippen LogP contribution in [0.5, 0.6) is 5.75 Å². The summed E-state index contributed by atoms with van der Waals surface area (Å²) in [6, 6.07) is 18.2. The normalized spacial score (nSPS) is 13.6. The zero-order chi connectivity index (χ0) is 35.6. The first-order valence-corrected chi connectivity index (χ1v) is 18.0. The van der Waals surface area contributed by atoms with E-state index in [4.69, 9.17) is 30.9 Å². The predicted molar refractivity (Wildman–Crippen MR) is 193 cm³/mol. The third kappa shape index (κ3) is 8.77. The molecule has 12 nitrogen and oxygen atoms in total. The number of aryl methyl sites for hydroxylation is 1. The summed E-state index contributed by atoms with van der Waals surface area (Å²) in [6.45, 7) is 5.10.